The van der Waals surface area contributed by atoms with Gasteiger partial charge in [0, 0.05) is 53.1 Å². The van der Waals surface area contributed by atoms with Crippen molar-refractivity contribution in [2.45, 2.75) is 45.3 Å². The minimum Gasteiger partial charge on any atom is -0.496 e. The van der Waals surface area contributed by atoms with E-state index >= 15 is 0 Å². The van der Waals surface area contributed by atoms with Gasteiger partial charge in [-0.2, -0.15) is 5.10 Å². The summed E-state index contributed by atoms with van der Waals surface area (Å²) in [5.74, 6) is -0.132. The van der Waals surface area contributed by atoms with Crippen molar-refractivity contribution in [3.05, 3.63) is 77.4 Å². The van der Waals surface area contributed by atoms with Crippen molar-refractivity contribution in [1.82, 2.24) is 25.4 Å². The molecule has 9 heteroatoms. The lowest BCUT2D eigenvalue weighted by Crippen LogP contribution is -2.53. The Morgan fingerprint density at radius 3 is 2.79 bits per heavy atom. The number of rotatable bonds is 7. The number of Topliss-reactive ketones (excluding diaryl/α,β-unsaturated/α-hetero) is 1. The molecular weight excluding hydrogens is 485 g/mol. The number of aromatic amines is 1. The number of fused-ring (bicyclic) bond motifs is 1. The minimum atomic E-state index is -0.383. The maximum Gasteiger partial charge on any atom is 0.251 e. The van der Waals surface area contributed by atoms with Crippen LogP contribution in [0.2, 0.25) is 0 Å². The summed E-state index contributed by atoms with van der Waals surface area (Å²) in [6.45, 7) is 4.10. The van der Waals surface area contributed by atoms with Crippen LogP contribution in [0.1, 0.15) is 41.4 Å². The fraction of sp³-hybridized carbons (Fsp3) is 0.310. The van der Waals surface area contributed by atoms with E-state index in [4.69, 9.17) is 4.74 Å². The van der Waals surface area contributed by atoms with Gasteiger partial charge in [0.05, 0.1) is 18.7 Å². The van der Waals surface area contributed by atoms with Crippen LogP contribution in [0.3, 0.4) is 0 Å². The van der Waals surface area contributed by atoms with Crippen LogP contribution in [0, 0.1) is 12.7 Å². The van der Waals surface area contributed by atoms with Gasteiger partial charge in [0.1, 0.15) is 23.0 Å². The minimum absolute atomic E-state index is 0.0226. The maximum absolute atomic E-state index is 14.7. The lowest BCUT2D eigenvalue weighted by molar-refractivity contribution is -0.123. The van der Waals surface area contributed by atoms with Gasteiger partial charge in [0.15, 0.2) is 0 Å². The normalized spacial score (nSPS) is 17.9. The molecule has 5 rings (SSSR count). The molecule has 8 nitrogen and oxygen atoms in total. The van der Waals surface area contributed by atoms with Gasteiger partial charge in [0.25, 0.3) is 5.91 Å². The molecule has 2 atom stereocenters. The number of aromatic nitrogens is 3. The topological polar surface area (TPSA) is 100 Å². The molecule has 1 aliphatic heterocycles. The van der Waals surface area contributed by atoms with E-state index in [0.717, 1.165) is 27.9 Å². The molecule has 1 amide bonds. The predicted molar refractivity (Wildman–Crippen MR) is 142 cm³/mol. The molecule has 1 fully saturated rings. The van der Waals surface area contributed by atoms with E-state index in [1.54, 1.807) is 31.3 Å². The lowest BCUT2D eigenvalue weighted by Gasteiger charge is -2.39. The van der Waals surface area contributed by atoms with E-state index in [0.29, 0.717) is 36.3 Å². The molecule has 0 unspecified atom stereocenters. The van der Waals surface area contributed by atoms with Gasteiger partial charge < -0.3 is 10.1 Å². The molecule has 0 aliphatic carbocycles. The zero-order valence-corrected chi connectivity index (χ0v) is 21.6. The number of hydrogen-bond acceptors (Lipinski definition) is 6. The third kappa shape index (κ3) is 5.15. The van der Waals surface area contributed by atoms with Crippen LogP contribution >= 0.6 is 0 Å². The number of amides is 1. The number of aryl methyl sites for hydroxylation is 1. The van der Waals surface area contributed by atoms with Crippen molar-refractivity contribution < 1.29 is 18.7 Å². The van der Waals surface area contributed by atoms with Crippen LogP contribution in [0.4, 0.5) is 4.39 Å². The first-order valence-electron chi connectivity index (χ1n) is 12.6. The third-order valence-electron chi connectivity index (χ3n) is 7.14. The molecule has 4 aromatic rings. The Balaban J connectivity index is 1.35. The first-order valence-corrected chi connectivity index (χ1v) is 12.6. The summed E-state index contributed by atoms with van der Waals surface area (Å²) in [6.07, 6.45) is 2.96. The van der Waals surface area contributed by atoms with Crippen molar-refractivity contribution in [2.75, 3.05) is 13.7 Å². The number of hydrogen-bond donors (Lipinski definition) is 2. The molecular formula is C29H30FN5O3. The number of carbonyl (C=O) groups is 2. The largest absolute Gasteiger partial charge is 0.496 e. The summed E-state index contributed by atoms with van der Waals surface area (Å²) in [5.41, 5.74) is 4.30. The third-order valence-corrected chi connectivity index (χ3v) is 7.14. The summed E-state index contributed by atoms with van der Waals surface area (Å²) in [6, 6.07) is 13.4. The van der Waals surface area contributed by atoms with E-state index in [9.17, 15) is 14.0 Å². The Bertz CT molecular complexity index is 1500. The standard InChI is InChI=1S/C29H30FN5O3/c1-17-13-19(11-12-31-17)28-22-14-20(7-9-25(22)33-34-28)29(37)32-21-8-10-26(18(2)36)35(15-21)16-23-24(30)5-4-6-27(23)38-3/h4-7,9,11-14,21,26H,8,10,15-16H2,1-3H3,(H,32,37)(H,33,34)/t21-,26+/m1/s1. The van der Waals surface area contributed by atoms with E-state index in [1.165, 1.54) is 13.2 Å². The Labute approximate surface area is 220 Å². The number of H-pyrrole nitrogens is 1. The number of benzene rings is 2. The number of nitrogens with one attached hydrogen (secondary N) is 2. The smallest absolute Gasteiger partial charge is 0.251 e. The van der Waals surface area contributed by atoms with Gasteiger partial charge >= 0.3 is 0 Å². The molecule has 0 bridgehead atoms. The number of halogens is 1. The van der Waals surface area contributed by atoms with Gasteiger partial charge in [0.2, 0.25) is 0 Å². The number of nitrogens with zero attached hydrogens (tertiary/aromatic N) is 3. The Hall–Kier alpha value is -4.11. The van der Waals surface area contributed by atoms with E-state index in [-0.39, 0.29) is 36.1 Å². The van der Waals surface area contributed by atoms with Crippen LogP contribution in [0.15, 0.2) is 54.7 Å². The van der Waals surface area contributed by atoms with Crippen molar-refractivity contribution in [3.63, 3.8) is 0 Å². The van der Waals surface area contributed by atoms with Crippen molar-refractivity contribution in [1.29, 1.82) is 0 Å². The number of ether oxygens (including phenoxy) is 1. The molecule has 3 heterocycles. The second-order valence-corrected chi connectivity index (χ2v) is 9.74. The zero-order valence-electron chi connectivity index (χ0n) is 21.6. The van der Waals surface area contributed by atoms with Crippen LogP contribution in [0.25, 0.3) is 22.2 Å². The molecule has 1 aliphatic rings. The Kier molecular flexibility index (Phi) is 7.20. The summed E-state index contributed by atoms with van der Waals surface area (Å²) >= 11 is 0. The van der Waals surface area contributed by atoms with E-state index in [2.05, 4.69) is 20.5 Å². The van der Waals surface area contributed by atoms with Gasteiger partial charge in [-0.25, -0.2) is 4.39 Å². The number of piperidine rings is 1. The second-order valence-electron chi connectivity index (χ2n) is 9.74. The molecule has 0 radical (unpaired) electrons. The molecule has 196 valence electrons. The summed E-state index contributed by atoms with van der Waals surface area (Å²) in [5, 5.41) is 11.5. The number of methoxy groups -OCH3 is 1. The van der Waals surface area contributed by atoms with E-state index in [1.807, 2.05) is 36.1 Å². The van der Waals surface area contributed by atoms with Crippen molar-refractivity contribution in [3.8, 4) is 17.0 Å². The highest BCUT2D eigenvalue weighted by Gasteiger charge is 2.33. The van der Waals surface area contributed by atoms with Crippen LogP contribution in [-0.4, -0.2) is 57.5 Å². The molecule has 2 aromatic carbocycles. The molecule has 2 N–H and O–H groups in total. The molecule has 0 saturated carbocycles. The van der Waals surface area contributed by atoms with Crippen molar-refractivity contribution >= 4 is 22.6 Å². The Morgan fingerprint density at radius 1 is 1.18 bits per heavy atom. The highest BCUT2D eigenvalue weighted by molar-refractivity contribution is 6.01. The Morgan fingerprint density at radius 2 is 2.03 bits per heavy atom. The van der Waals surface area contributed by atoms with E-state index < -0.39 is 0 Å². The highest BCUT2D eigenvalue weighted by atomic mass is 19.1. The maximum atomic E-state index is 14.7. The van der Waals surface area contributed by atoms with Crippen LogP contribution in [-0.2, 0) is 11.3 Å². The summed E-state index contributed by atoms with van der Waals surface area (Å²) < 4.78 is 20.0. The lowest BCUT2D eigenvalue weighted by atomic mass is 9.94. The van der Waals surface area contributed by atoms with Crippen LogP contribution in [0.5, 0.6) is 5.75 Å². The number of carbonyl (C=O) groups excluding carboxylic acids is 2. The zero-order chi connectivity index (χ0) is 26.8. The van der Waals surface area contributed by atoms with Gasteiger partial charge in [-0.05, 0) is 69.2 Å². The first kappa shape index (κ1) is 25.5. The number of ketones is 1. The summed E-state index contributed by atoms with van der Waals surface area (Å²) in [4.78, 5) is 31.9. The van der Waals surface area contributed by atoms with Crippen LogP contribution < -0.4 is 10.1 Å². The second kappa shape index (κ2) is 10.7. The number of likely N-dealkylation sites (tertiary alicyclic amines) is 1. The number of pyridine rings is 1. The fourth-order valence-corrected chi connectivity index (χ4v) is 5.22. The molecule has 38 heavy (non-hydrogen) atoms. The quantitative estimate of drug-likeness (QED) is 0.378. The first-order chi connectivity index (χ1) is 18.3. The summed E-state index contributed by atoms with van der Waals surface area (Å²) in [7, 11) is 1.50. The highest BCUT2D eigenvalue weighted by Crippen LogP contribution is 2.29. The molecule has 0 spiro atoms. The molecule has 1 saturated heterocycles. The van der Waals surface area contributed by atoms with Gasteiger partial charge in [-0.3, -0.25) is 24.6 Å². The van der Waals surface area contributed by atoms with Gasteiger partial charge in [-0.15, -0.1) is 0 Å². The SMILES string of the molecule is COc1cccc(F)c1CN1C[C@H](NC(=O)c2ccc3[nH]nc(-c4ccnc(C)c4)c3c2)CC[C@H]1C(C)=O. The monoisotopic (exact) mass is 515 g/mol. The average molecular weight is 516 g/mol. The van der Waals surface area contributed by atoms with Crippen molar-refractivity contribution in [2.24, 2.45) is 0 Å². The van der Waals surface area contributed by atoms with Gasteiger partial charge in [-0.1, -0.05) is 6.07 Å². The predicted octanol–water partition coefficient (Wildman–Crippen LogP) is 4.43. The average Bonchev–Trinajstić information content (AvgIpc) is 3.33. The molecule has 2 aromatic heterocycles. The fourth-order valence-electron chi connectivity index (χ4n) is 5.22.